The van der Waals surface area contributed by atoms with Crippen LogP contribution in [-0.2, 0) is 19.6 Å². The van der Waals surface area contributed by atoms with Crippen molar-refractivity contribution in [2.45, 2.75) is 55.6 Å². The third-order valence-electron chi connectivity index (χ3n) is 8.37. The fraction of sp³-hybridized carbons (Fsp3) is 0.387. The zero-order valence-corrected chi connectivity index (χ0v) is 25.3. The molecule has 2 heterocycles. The Balaban J connectivity index is 1.25. The van der Waals surface area contributed by atoms with Crippen LogP contribution in [0.15, 0.2) is 71.6 Å². The Labute approximate surface area is 251 Å². The van der Waals surface area contributed by atoms with Crippen molar-refractivity contribution >= 4 is 50.1 Å². The van der Waals surface area contributed by atoms with Crippen molar-refractivity contribution in [3.63, 3.8) is 0 Å². The number of fused-ring (bicyclic) bond motifs is 1. The Hall–Kier alpha value is -3.47. The number of carbonyl (C=O) groups is 3. The summed E-state index contributed by atoms with van der Waals surface area (Å²) < 4.78 is 28.2. The summed E-state index contributed by atoms with van der Waals surface area (Å²) >= 11 is 6.06. The normalized spacial score (nSPS) is 20.2. The Bertz CT molecular complexity index is 1600. The molecule has 222 valence electrons. The lowest BCUT2D eigenvalue weighted by molar-refractivity contribution is -0.146. The molecule has 0 radical (unpaired) electrons. The maximum atomic E-state index is 13.7. The molecule has 3 aromatic carbocycles. The molecule has 2 aliphatic heterocycles. The standard InChI is InChI=1S/C31H35ClN4O5S/c1-21(30(38)36-16-7-6-10-26(36)20-33-29(37)22-8-4-3-5-9-22)35-17-15-28(31(35)39)34(2)42(40,41)27-14-12-23-18-25(32)13-11-24(23)19-27/h3-5,8-9,11-14,18-19,21,26,28H,6-7,10,15-17,20H2,1-2H3,(H,33,37). The quantitative estimate of drug-likeness (QED) is 0.416. The van der Waals surface area contributed by atoms with E-state index in [9.17, 15) is 22.8 Å². The number of benzene rings is 3. The lowest BCUT2D eigenvalue weighted by Gasteiger charge is -2.39. The zero-order chi connectivity index (χ0) is 30.0. The van der Waals surface area contributed by atoms with Crippen molar-refractivity contribution in [1.29, 1.82) is 0 Å². The number of carbonyl (C=O) groups excluding carboxylic acids is 3. The lowest BCUT2D eigenvalue weighted by atomic mass is 10.0. The van der Waals surface area contributed by atoms with Crippen molar-refractivity contribution in [3.05, 3.63) is 77.3 Å². The van der Waals surface area contributed by atoms with E-state index in [-0.39, 0.29) is 41.6 Å². The summed E-state index contributed by atoms with van der Waals surface area (Å²) in [7, 11) is -2.56. The van der Waals surface area contributed by atoms with Gasteiger partial charge in [0.2, 0.25) is 21.8 Å². The van der Waals surface area contributed by atoms with Gasteiger partial charge in [-0.1, -0.05) is 41.9 Å². The second-order valence-electron chi connectivity index (χ2n) is 10.9. The number of hydrogen-bond acceptors (Lipinski definition) is 5. The summed E-state index contributed by atoms with van der Waals surface area (Å²) in [4.78, 5) is 43.1. The minimum absolute atomic E-state index is 0.0869. The van der Waals surface area contributed by atoms with Gasteiger partial charge in [0.1, 0.15) is 12.1 Å². The van der Waals surface area contributed by atoms with Gasteiger partial charge in [0.25, 0.3) is 5.91 Å². The van der Waals surface area contributed by atoms with Crippen LogP contribution in [0.1, 0.15) is 43.0 Å². The number of nitrogens with zero attached hydrogens (tertiary/aromatic N) is 3. The molecule has 0 bridgehead atoms. The monoisotopic (exact) mass is 610 g/mol. The number of rotatable bonds is 8. The zero-order valence-electron chi connectivity index (χ0n) is 23.7. The molecule has 0 aromatic heterocycles. The molecule has 0 saturated carbocycles. The minimum atomic E-state index is -3.98. The van der Waals surface area contributed by atoms with Gasteiger partial charge in [0, 0.05) is 43.3 Å². The number of halogens is 1. The van der Waals surface area contributed by atoms with Crippen LogP contribution < -0.4 is 5.32 Å². The number of sulfonamides is 1. The molecule has 3 amide bonds. The van der Waals surface area contributed by atoms with Crippen LogP contribution in [0.5, 0.6) is 0 Å². The fourth-order valence-corrected chi connectivity index (χ4v) is 7.44. The molecule has 0 spiro atoms. The molecular weight excluding hydrogens is 576 g/mol. The van der Waals surface area contributed by atoms with Crippen LogP contribution >= 0.6 is 11.6 Å². The fourth-order valence-electron chi connectivity index (χ4n) is 5.88. The second-order valence-corrected chi connectivity index (χ2v) is 13.4. The highest BCUT2D eigenvalue weighted by molar-refractivity contribution is 7.89. The number of amides is 3. The van der Waals surface area contributed by atoms with E-state index < -0.39 is 22.1 Å². The van der Waals surface area contributed by atoms with Crippen LogP contribution in [0, 0.1) is 0 Å². The molecule has 3 aromatic rings. The number of likely N-dealkylation sites (tertiary alicyclic amines) is 2. The summed E-state index contributed by atoms with van der Waals surface area (Å²) in [5.74, 6) is -0.777. The molecular formula is C31H35ClN4O5S. The highest BCUT2D eigenvalue weighted by atomic mass is 35.5. The van der Waals surface area contributed by atoms with Gasteiger partial charge in [0.15, 0.2) is 0 Å². The molecule has 3 unspecified atom stereocenters. The van der Waals surface area contributed by atoms with E-state index in [1.54, 1.807) is 66.4 Å². The Kier molecular flexibility index (Phi) is 8.86. The van der Waals surface area contributed by atoms with E-state index in [0.29, 0.717) is 23.7 Å². The first-order chi connectivity index (χ1) is 20.1. The SMILES string of the molecule is CC(C(=O)N1CCCCC1CNC(=O)c1ccccc1)N1CCC(N(C)S(=O)(=O)c2ccc3cc(Cl)ccc3c2)C1=O. The minimum Gasteiger partial charge on any atom is -0.350 e. The number of piperidine rings is 1. The smallest absolute Gasteiger partial charge is 0.251 e. The first-order valence-corrected chi connectivity index (χ1v) is 16.0. The topological polar surface area (TPSA) is 107 Å². The third kappa shape index (κ3) is 6.02. The molecule has 2 fully saturated rings. The Morgan fingerprint density at radius 2 is 1.71 bits per heavy atom. The number of nitrogens with one attached hydrogen (secondary N) is 1. The van der Waals surface area contributed by atoms with Gasteiger partial charge in [0.05, 0.1) is 4.90 Å². The van der Waals surface area contributed by atoms with Crippen LogP contribution in [-0.4, -0.2) is 85.1 Å². The first kappa shape index (κ1) is 30.0. The Morgan fingerprint density at radius 3 is 2.48 bits per heavy atom. The van der Waals surface area contributed by atoms with Crippen LogP contribution in [0.2, 0.25) is 5.02 Å². The van der Waals surface area contributed by atoms with Gasteiger partial charge in [-0.05, 0) is 79.8 Å². The van der Waals surface area contributed by atoms with Gasteiger partial charge < -0.3 is 15.1 Å². The van der Waals surface area contributed by atoms with E-state index in [1.165, 1.54) is 18.0 Å². The van der Waals surface area contributed by atoms with Crippen molar-refractivity contribution in [2.24, 2.45) is 0 Å². The maximum absolute atomic E-state index is 13.7. The van der Waals surface area contributed by atoms with E-state index in [1.807, 2.05) is 6.07 Å². The van der Waals surface area contributed by atoms with Gasteiger partial charge in [-0.25, -0.2) is 8.42 Å². The van der Waals surface area contributed by atoms with Gasteiger partial charge in [-0.3, -0.25) is 14.4 Å². The summed E-state index contributed by atoms with van der Waals surface area (Å²) in [5.41, 5.74) is 0.556. The summed E-state index contributed by atoms with van der Waals surface area (Å²) in [6, 6.07) is 17.1. The molecule has 3 atom stereocenters. The summed E-state index contributed by atoms with van der Waals surface area (Å²) in [6.07, 6.45) is 2.82. The third-order valence-corrected chi connectivity index (χ3v) is 10.5. The summed E-state index contributed by atoms with van der Waals surface area (Å²) in [6.45, 7) is 2.83. The van der Waals surface area contributed by atoms with Gasteiger partial charge in [-0.2, -0.15) is 4.31 Å². The van der Waals surface area contributed by atoms with Crippen molar-refractivity contribution in [3.8, 4) is 0 Å². The first-order valence-electron chi connectivity index (χ1n) is 14.2. The predicted molar refractivity (Wildman–Crippen MR) is 162 cm³/mol. The van der Waals surface area contributed by atoms with Crippen molar-refractivity contribution < 1.29 is 22.8 Å². The van der Waals surface area contributed by atoms with Gasteiger partial charge >= 0.3 is 0 Å². The molecule has 9 nitrogen and oxygen atoms in total. The molecule has 2 saturated heterocycles. The molecule has 5 rings (SSSR count). The van der Waals surface area contributed by atoms with E-state index >= 15 is 0 Å². The molecule has 1 N–H and O–H groups in total. The summed E-state index contributed by atoms with van der Waals surface area (Å²) in [5, 5.41) is 5.04. The highest BCUT2D eigenvalue weighted by Gasteiger charge is 2.44. The maximum Gasteiger partial charge on any atom is 0.251 e. The van der Waals surface area contributed by atoms with Crippen molar-refractivity contribution in [2.75, 3.05) is 26.7 Å². The molecule has 2 aliphatic rings. The second kappa shape index (κ2) is 12.4. The average molecular weight is 611 g/mol. The van der Waals surface area contributed by atoms with E-state index in [0.717, 1.165) is 34.3 Å². The van der Waals surface area contributed by atoms with Gasteiger partial charge in [-0.15, -0.1) is 0 Å². The van der Waals surface area contributed by atoms with Crippen LogP contribution in [0.4, 0.5) is 0 Å². The number of likely N-dealkylation sites (N-methyl/N-ethyl adjacent to an activating group) is 1. The molecule has 0 aliphatic carbocycles. The van der Waals surface area contributed by atoms with Crippen LogP contribution in [0.25, 0.3) is 10.8 Å². The largest absolute Gasteiger partial charge is 0.350 e. The Morgan fingerprint density at radius 1 is 1.00 bits per heavy atom. The number of hydrogen-bond donors (Lipinski definition) is 1. The molecule has 11 heteroatoms. The van der Waals surface area contributed by atoms with E-state index in [4.69, 9.17) is 11.6 Å². The average Bonchev–Trinajstić information content (AvgIpc) is 3.39. The molecule has 42 heavy (non-hydrogen) atoms. The highest BCUT2D eigenvalue weighted by Crippen LogP contribution is 2.29. The van der Waals surface area contributed by atoms with E-state index in [2.05, 4.69) is 5.32 Å². The van der Waals surface area contributed by atoms with Crippen LogP contribution in [0.3, 0.4) is 0 Å². The van der Waals surface area contributed by atoms with Crippen molar-refractivity contribution in [1.82, 2.24) is 19.4 Å². The lowest BCUT2D eigenvalue weighted by Crippen LogP contribution is -2.56. The predicted octanol–water partition coefficient (Wildman–Crippen LogP) is 3.91.